The third-order valence-corrected chi connectivity index (χ3v) is 3.88. The number of ether oxygens (including phenoxy) is 1. The Morgan fingerprint density at radius 2 is 1.90 bits per heavy atom. The van der Waals surface area contributed by atoms with Crippen molar-refractivity contribution < 1.29 is 14.6 Å². The second-order valence-corrected chi connectivity index (χ2v) is 6.59. The Bertz CT molecular complexity index is 313. The molecule has 1 saturated heterocycles. The van der Waals surface area contributed by atoms with E-state index in [1.165, 1.54) is 0 Å². The average Bonchev–Trinajstić information content (AvgIpc) is 2.35. The molecular weight excluding hydrogens is 268 g/mol. The first-order chi connectivity index (χ1) is 9.85. The predicted molar refractivity (Wildman–Crippen MR) is 84.1 cm³/mol. The van der Waals surface area contributed by atoms with Crippen LogP contribution in [-0.2, 0) is 9.53 Å². The number of hydrogen-bond donors (Lipinski definition) is 2. The molecule has 21 heavy (non-hydrogen) atoms. The summed E-state index contributed by atoms with van der Waals surface area (Å²) in [6.45, 7) is 12.1. The highest BCUT2D eigenvalue weighted by molar-refractivity contribution is 5.82. The summed E-state index contributed by atoms with van der Waals surface area (Å²) in [6, 6.07) is -0.160. The van der Waals surface area contributed by atoms with Crippen molar-refractivity contribution in [3.63, 3.8) is 0 Å². The minimum atomic E-state index is -0.450. The molecule has 0 spiro atoms. The monoisotopic (exact) mass is 300 g/mol. The van der Waals surface area contributed by atoms with E-state index < -0.39 is 6.10 Å². The van der Waals surface area contributed by atoms with Crippen molar-refractivity contribution >= 4 is 5.91 Å². The Balaban J connectivity index is 2.61. The van der Waals surface area contributed by atoms with Gasteiger partial charge in [0, 0.05) is 19.6 Å². The normalized spacial score (nSPS) is 26.6. The number of carbonyl (C=O) groups excluding carboxylic acids is 1. The van der Waals surface area contributed by atoms with Gasteiger partial charge in [0.05, 0.1) is 24.4 Å². The molecule has 5 heteroatoms. The van der Waals surface area contributed by atoms with Crippen LogP contribution in [0.2, 0.25) is 0 Å². The highest BCUT2D eigenvalue weighted by Crippen LogP contribution is 2.18. The molecule has 4 unspecified atom stereocenters. The lowest BCUT2D eigenvalue weighted by Crippen LogP contribution is -2.57. The highest BCUT2D eigenvalue weighted by atomic mass is 16.5. The fourth-order valence-corrected chi connectivity index (χ4v) is 3.09. The standard InChI is InChI=1S/C16H32N2O3/c1-6-7-14(19)8-17-16(20)15(11(2)3)18-9-12(4)21-13(5)10-18/h11-15,19H,6-10H2,1-5H3,(H,17,20). The molecule has 1 heterocycles. The molecule has 0 radical (unpaired) electrons. The molecular formula is C16H32N2O3. The van der Waals surface area contributed by atoms with Crippen LogP contribution < -0.4 is 5.32 Å². The molecule has 1 rings (SSSR count). The van der Waals surface area contributed by atoms with Gasteiger partial charge in [-0.3, -0.25) is 9.69 Å². The van der Waals surface area contributed by atoms with Crippen molar-refractivity contribution in [1.82, 2.24) is 10.2 Å². The number of morpholine rings is 1. The Kier molecular flexibility index (Phi) is 7.63. The molecule has 4 atom stereocenters. The molecule has 1 aliphatic heterocycles. The number of rotatable bonds is 7. The third-order valence-electron chi connectivity index (χ3n) is 3.88. The number of hydrogen-bond acceptors (Lipinski definition) is 4. The summed E-state index contributed by atoms with van der Waals surface area (Å²) >= 11 is 0. The van der Waals surface area contributed by atoms with Crippen molar-refractivity contribution in [2.45, 2.75) is 71.8 Å². The Morgan fingerprint density at radius 1 is 1.33 bits per heavy atom. The van der Waals surface area contributed by atoms with Crippen molar-refractivity contribution in [1.29, 1.82) is 0 Å². The molecule has 0 bridgehead atoms. The van der Waals surface area contributed by atoms with E-state index in [2.05, 4.69) is 24.1 Å². The molecule has 5 nitrogen and oxygen atoms in total. The second kappa shape index (κ2) is 8.71. The molecule has 0 aromatic rings. The van der Waals surface area contributed by atoms with Gasteiger partial charge in [-0.15, -0.1) is 0 Å². The summed E-state index contributed by atoms with van der Waals surface area (Å²) in [4.78, 5) is 14.7. The largest absolute Gasteiger partial charge is 0.391 e. The maximum atomic E-state index is 12.5. The van der Waals surface area contributed by atoms with Gasteiger partial charge in [0.25, 0.3) is 0 Å². The van der Waals surface area contributed by atoms with Gasteiger partial charge in [-0.1, -0.05) is 27.2 Å². The maximum absolute atomic E-state index is 12.5. The Hall–Kier alpha value is -0.650. The zero-order valence-electron chi connectivity index (χ0n) is 14.1. The maximum Gasteiger partial charge on any atom is 0.237 e. The summed E-state index contributed by atoms with van der Waals surface area (Å²) in [6.07, 6.45) is 1.48. The number of nitrogens with zero attached hydrogens (tertiary/aromatic N) is 1. The van der Waals surface area contributed by atoms with Crippen LogP contribution in [0, 0.1) is 5.92 Å². The van der Waals surface area contributed by atoms with E-state index in [0.29, 0.717) is 6.54 Å². The van der Waals surface area contributed by atoms with Gasteiger partial charge in [0.2, 0.25) is 5.91 Å². The van der Waals surface area contributed by atoms with Crippen molar-refractivity contribution in [2.24, 2.45) is 5.92 Å². The smallest absolute Gasteiger partial charge is 0.237 e. The number of aliphatic hydroxyl groups is 1. The summed E-state index contributed by atoms with van der Waals surface area (Å²) in [5, 5.41) is 12.7. The van der Waals surface area contributed by atoms with Gasteiger partial charge in [0.1, 0.15) is 0 Å². The van der Waals surface area contributed by atoms with Gasteiger partial charge in [-0.2, -0.15) is 0 Å². The van der Waals surface area contributed by atoms with Gasteiger partial charge in [0.15, 0.2) is 0 Å². The van der Waals surface area contributed by atoms with Gasteiger partial charge < -0.3 is 15.2 Å². The van der Waals surface area contributed by atoms with E-state index in [0.717, 1.165) is 25.9 Å². The van der Waals surface area contributed by atoms with Gasteiger partial charge in [-0.05, 0) is 26.2 Å². The third kappa shape index (κ3) is 5.93. The van der Waals surface area contributed by atoms with Crippen molar-refractivity contribution in [2.75, 3.05) is 19.6 Å². The summed E-state index contributed by atoms with van der Waals surface area (Å²) in [5.74, 6) is 0.243. The lowest BCUT2D eigenvalue weighted by Gasteiger charge is -2.41. The Morgan fingerprint density at radius 3 is 2.38 bits per heavy atom. The minimum Gasteiger partial charge on any atom is -0.391 e. The molecule has 124 valence electrons. The second-order valence-electron chi connectivity index (χ2n) is 6.59. The predicted octanol–water partition coefficient (Wildman–Crippen LogP) is 1.40. The molecule has 2 N–H and O–H groups in total. The first-order valence-corrected chi connectivity index (χ1v) is 8.20. The molecule has 1 amide bonds. The van der Waals surface area contributed by atoms with Crippen molar-refractivity contribution in [3.8, 4) is 0 Å². The van der Waals surface area contributed by atoms with E-state index >= 15 is 0 Å². The molecule has 0 aromatic heterocycles. The van der Waals surface area contributed by atoms with E-state index in [-0.39, 0.29) is 30.1 Å². The Labute approximate surface area is 129 Å². The van der Waals surface area contributed by atoms with Crippen LogP contribution in [0.15, 0.2) is 0 Å². The zero-order chi connectivity index (χ0) is 16.0. The molecule has 1 fully saturated rings. The SMILES string of the molecule is CCCC(O)CNC(=O)C(C(C)C)N1CC(C)OC(C)C1. The van der Waals surface area contributed by atoms with Crippen LogP contribution in [-0.4, -0.2) is 59.9 Å². The first kappa shape index (κ1) is 18.4. The molecule has 1 aliphatic rings. The van der Waals surface area contributed by atoms with Crippen LogP contribution in [0.5, 0.6) is 0 Å². The van der Waals surface area contributed by atoms with E-state index in [1.807, 2.05) is 20.8 Å². The number of amides is 1. The quantitative estimate of drug-likeness (QED) is 0.746. The topological polar surface area (TPSA) is 61.8 Å². The summed E-state index contributed by atoms with van der Waals surface area (Å²) < 4.78 is 5.74. The van der Waals surface area contributed by atoms with E-state index in [4.69, 9.17) is 4.74 Å². The van der Waals surface area contributed by atoms with Gasteiger partial charge >= 0.3 is 0 Å². The molecule has 0 aliphatic carbocycles. The van der Waals surface area contributed by atoms with Crippen LogP contribution in [0.4, 0.5) is 0 Å². The lowest BCUT2D eigenvalue weighted by molar-refractivity contribution is -0.135. The van der Waals surface area contributed by atoms with Crippen LogP contribution in [0.25, 0.3) is 0 Å². The minimum absolute atomic E-state index is 0.0152. The van der Waals surface area contributed by atoms with Gasteiger partial charge in [-0.25, -0.2) is 0 Å². The summed E-state index contributed by atoms with van der Waals surface area (Å²) in [5.41, 5.74) is 0. The van der Waals surface area contributed by atoms with E-state index in [1.54, 1.807) is 0 Å². The van der Waals surface area contributed by atoms with Crippen LogP contribution in [0.3, 0.4) is 0 Å². The number of aliphatic hydroxyl groups excluding tert-OH is 1. The van der Waals surface area contributed by atoms with Crippen LogP contribution in [0.1, 0.15) is 47.5 Å². The number of carbonyl (C=O) groups is 1. The van der Waals surface area contributed by atoms with Crippen LogP contribution >= 0.6 is 0 Å². The zero-order valence-corrected chi connectivity index (χ0v) is 14.1. The molecule has 0 saturated carbocycles. The van der Waals surface area contributed by atoms with E-state index in [9.17, 15) is 9.90 Å². The van der Waals surface area contributed by atoms with Crippen molar-refractivity contribution in [3.05, 3.63) is 0 Å². The first-order valence-electron chi connectivity index (χ1n) is 8.20. The lowest BCUT2D eigenvalue weighted by atomic mass is 9.99. The fourth-order valence-electron chi connectivity index (χ4n) is 3.09. The number of nitrogens with one attached hydrogen (secondary N) is 1. The molecule has 0 aromatic carbocycles. The average molecular weight is 300 g/mol. The highest BCUT2D eigenvalue weighted by Gasteiger charge is 2.34. The fraction of sp³-hybridized carbons (Fsp3) is 0.938. The summed E-state index contributed by atoms with van der Waals surface area (Å²) in [7, 11) is 0.